The molecule has 0 spiro atoms. The van der Waals surface area contributed by atoms with Crippen LogP contribution < -0.4 is 11.3 Å². The third-order valence-electron chi connectivity index (χ3n) is 4.88. The van der Waals surface area contributed by atoms with E-state index in [0.29, 0.717) is 12.2 Å². The van der Waals surface area contributed by atoms with Crippen molar-refractivity contribution in [1.82, 2.24) is 24.5 Å². The summed E-state index contributed by atoms with van der Waals surface area (Å²) in [6, 6.07) is 9.42. The van der Waals surface area contributed by atoms with E-state index >= 15 is 0 Å². The Morgan fingerprint density at radius 3 is 3.00 bits per heavy atom. The first-order valence-corrected chi connectivity index (χ1v) is 8.68. The van der Waals surface area contributed by atoms with E-state index in [2.05, 4.69) is 26.0 Å². The minimum Gasteiger partial charge on any atom is -0.469 e. The van der Waals surface area contributed by atoms with Crippen LogP contribution in [0, 0.1) is 0 Å². The lowest BCUT2D eigenvalue weighted by Gasteiger charge is -2.36. The molecule has 140 valence electrons. The van der Waals surface area contributed by atoms with Gasteiger partial charge in [-0.3, -0.25) is 19.6 Å². The molecule has 3 aromatic rings. The number of rotatable bonds is 4. The molecule has 0 saturated carbocycles. The number of esters is 1. The van der Waals surface area contributed by atoms with Gasteiger partial charge in [-0.15, -0.1) is 0 Å². The summed E-state index contributed by atoms with van der Waals surface area (Å²) in [5.74, 6) is 0.0920. The van der Waals surface area contributed by atoms with Gasteiger partial charge >= 0.3 is 5.97 Å². The predicted molar refractivity (Wildman–Crippen MR) is 98.0 cm³/mol. The van der Waals surface area contributed by atoms with Crippen molar-refractivity contribution in [1.29, 1.82) is 0 Å². The Hall–Kier alpha value is -3.20. The number of fused-ring (bicyclic) bond motifs is 2. The number of ether oxygens (including phenoxy) is 1. The van der Waals surface area contributed by atoms with Crippen molar-refractivity contribution in [3.63, 3.8) is 0 Å². The highest BCUT2D eigenvalue weighted by Crippen LogP contribution is 2.33. The number of hydrogen-bond donors (Lipinski definition) is 2. The predicted octanol–water partition coefficient (Wildman–Crippen LogP) is 0.662. The highest BCUT2D eigenvalue weighted by atomic mass is 16.5. The fourth-order valence-electron chi connectivity index (χ4n) is 3.61. The first kappa shape index (κ1) is 17.2. The van der Waals surface area contributed by atoms with Gasteiger partial charge in [-0.25, -0.2) is 4.98 Å². The lowest BCUT2D eigenvalue weighted by atomic mass is 9.90. The Balaban J connectivity index is 1.67. The van der Waals surface area contributed by atoms with Crippen molar-refractivity contribution in [2.75, 3.05) is 19.4 Å². The molecular weight excluding hydrogens is 348 g/mol. The highest BCUT2D eigenvalue weighted by molar-refractivity contribution is 5.70. The molecular formula is C18H20N6O3. The number of benzene rings is 1. The van der Waals surface area contributed by atoms with Crippen molar-refractivity contribution in [2.24, 2.45) is 0 Å². The molecule has 1 aliphatic heterocycles. The Labute approximate surface area is 154 Å². The molecule has 1 aromatic carbocycles. The summed E-state index contributed by atoms with van der Waals surface area (Å²) in [4.78, 5) is 34.8. The largest absolute Gasteiger partial charge is 0.469 e. The molecule has 0 aliphatic carbocycles. The second kappa shape index (κ2) is 6.84. The molecule has 0 saturated heterocycles. The van der Waals surface area contributed by atoms with Gasteiger partial charge in [-0.2, -0.15) is 9.50 Å². The van der Waals surface area contributed by atoms with Gasteiger partial charge in [0.1, 0.15) is 0 Å². The van der Waals surface area contributed by atoms with E-state index in [-0.39, 0.29) is 35.7 Å². The molecule has 0 unspecified atom stereocenters. The number of aromatic amines is 1. The summed E-state index contributed by atoms with van der Waals surface area (Å²) in [5, 5.41) is 2.65. The Morgan fingerprint density at radius 1 is 1.37 bits per heavy atom. The number of carbonyl (C=O) groups is 1. The molecule has 9 heteroatoms. The van der Waals surface area contributed by atoms with Crippen molar-refractivity contribution >= 4 is 17.7 Å². The molecule has 0 bridgehead atoms. The van der Waals surface area contributed by atoms with Gasteiger partial charge in [-0.1, -0.05) is 24.3 Å². The van der Waals surface area contributed by atoms with Gasteiger partial charge in [-0.05, 0) is 17.5 Å². The van der Waals surface area contributed by atoms with Crippen molar-refractivity contribution in [2.45, 2.75) is 25.4 Å². The number of nitrogen functional groups attached to an aromatic ring is 1. The number of nitrogens with one attached hydrogen (secondary N) is 1. The number of H-pyrrole nitrogens is 1. The van der Waals surface area contributed by atoms with Crippen LogP contribution in [0.4, 0.5) is 5.95 Å². The lowest BCUT2D eigenvalue weighted by Crippen LogP contribution is -2.37. The lowest BCUT2D eigenvalue weighted by molar-refractivity contribution is -0.142. The number of anilines is 1. The topological polar surface area (TPSA) is 119 Å². The van der Waals surface area contributed by atoms with Crippen LogP contribution in [0.2, 0.25) is 0 Å². The summed E-state index contributed by atoms with van der Waals surface area (Å²) in [5.41, 5.74) is 8.25. The first-order chi connectivity index (χ1) is 13.0. The third kappa shape index (κ3) is 3.28. The van der Waals surface area contributed by atoms with Crippen molar-refractivity contribution in [3.05, 3.63) is 57.5 Å². The monoisotopic (exact) mass is 368 g/mol. The Bertz CT molecular complexity index is 1060. The van der Waals surface area contributed by atoms with Gasteiger partial charge < -0.3 is 10.5 Å². The molecule has 1 atom stereocenters. The average molecular weight is 368 g/mol. The first-order valence-electron chi connectivity index (χ1n) is 8.68. The number of nitrogens with two attached hydrogens (primary N) is 1. The summed E-state index contributed by atoms with van der Waals surface area (Å²) >= 11 is 0. The van der Waals surface area contributed by atoms with Gasteiger partial charge in [0.05, 0.1) is 19.2 Å². The maximum absolute atomic E-state index is 12.3. The Kier molecular flexibility index (Phi) is 4.36. The zero-order chi connectivity index (χ0) is 19.0. The van der Waals surface area contributed by atoms with E-state index in [1.165, 1.54) is 23.3 Å². The smallest absolute Gasteiger partial charge is 0.307 e. The van der Waals surface area contributed by atoms with Gasteiger partial charge in [0, 0.05) is 25.2 Å². The van der Waals surface area contributed by atoms with Gasteiger partial charge in [0.25, 0.3) is 11.3 Å². The van der Waals surface area contributed by atoms with Gasteiger partial charge in [0.2, 0.25) is 5.95 Å². The molecule has 0 amide bonds. The molecule has 9 nitrogen and oxygen atoms in total. The standard InChI is InChI=1S/C18H20N6O3/c1-27-16(26)9-14-13-5-3-2-4-11(13)6-7-23(14)10-12-8-15(25)24-18(20-12)21-17(19)22-24/h2-5,8,14H,6-7,9-10H2,1H3,(H3,19,20,21,22)/t14-/m1/s1. The SMILES string of the molecule is COC(=O)C[C@@H]1c2ccccc2CCN1Cc1cc(=O)n2[nH]c(N)nc2n1. The molecule has 0 fully saturated rings. The maximum Gasteiger partial charge on any atom is 0.307 e. The molecule has 2 aromatic heterocycles. The summed E-state index contributed by atoms with van der Waals surface area (Å²) in [6.45, 7) is 1.18. The van der Waals surface area contributed by atoms with Crippen LogP contribution in [0.1, 0.15) is 29.3 Å². The number of aromatic nitrogens is 4. The fraction of sp³-hybridized carbons (Fsp3) is 0.333. The zero-order valence-corrected chi connectivity index (χ0v) is 14.9. The minimum absolute atomic E-state index is 0.132. The molecule has 0 radical (unpaired) electrons. The van der Waals surface area contributed by atoms with Crippen molar-refractivity contribution < 1.29 is 9.53 Å². The summed E-state index contributed by atoms with van der Waals surface area (Å²) < 4.78 is 6.09. The van der Waals surface area contributed by atoms with Crippen LogP contribution >= 0.6 is 0 Å². The second-order valence-electron chi connectivity index (χ2n) is 6.55. The Morgan fingerprint density at radius 2 is 2.19 bits per heavy atom. The normalized spacial score (nSPS) is 17.0. The number of nitrogens with zero attached hydrogens (tertiary/aromatic N) is 4. The molecule has 27 heavy (non-hydrogen) atoms. The third-order valence-corrected chi connectivity index (χ3v) is 4.88. The van der Waals surface area contributed by atoms with Crippen LogP contribution in [0.25, 0.3) is 5.78 Å². The summed E-state index contributed by atoms with van der Waals surface area (Å²) in [7, 11) is 1.39. The van der Waals surface area contributed by atoms with E-state index in [1.807, 2.05) is 18.2 Å². The average Bonchev–Trinajstić information content (AvgIpc) is 3.04. The number of hydrogen-bond acceptors (Lipinski definition) is 7. The van der Waals surface area contributed by atoms with Gasteiger partial charge in [0.15, 0.2) is 0 Å². The summed E-state index contributed by atoms with van der Waals surface area (Å²) in [6.07, 6.45) is 1.11. The van der Waals surface area contributed by atoms with Crippen molar-refractivity contribution in [3.8, 4) is 0 Å². The number of carbonyl (C=O) groups excluding carboxylic acids is 1. The maximum atomic E-state index is 12.3. The van der Waals surface area contributed by atoms with E-state index in [0.717, 1.165) is 18.5 Å². The molecule has 4 rings (SSSR count). The van der Waals surface area contributed by atoms with E-state index in [1.54, 1.807) is 0 Å². The molecule has 1 aliphatic rings. The molecule has 3 N–H and O–H groups in total. The van der Waals surface area contributed by atoms with Crippen LogP contribution in [0.5, 0.6) is 0 Å². The zero-order valence-electron chi connectivity index (χ0n) is 14.9. The van der Waals surface area contributed by atoms with Crippen LogP contribution in [-0.4, -0.2) is 44.1 Å². The van der Waals surface area contributed by atoms with E-state index in [9.17, 15) is 9.59 Å². The quantitative estimate of drug-likeness (QED) is 0.649. The second-order valence-corrected chi connectivity index (χ2v) is 6.55. The highest BCUT2D eigenvalue weighted by Gasteiger charge is 2.30. The van der Waals surface area contributed by atoms with E-state index in [4.69, 9.17) is 10.5 Å². The van der Waals surface area contributed by atoms with Crippen LogP contribution in [-0.2, 0) is 22.5 Å². The van der Waals surface area contributed by atoms with E-state index < -0.39 is 0 Å². The molecule has 3 heterocycles. The van der Waals surface area contributed by atoms with Crippen LogP contribution in [0.3, 0.4) is 0 Å². The minimum atomic E-state index is -0.277. The fourth-order valence-corrected chi connectivity index (χ4v) is 3.61. The number of methoxy groups -OCH3 is 1. The van der Waals surface area contributed by atoms with Crippen LogP contribution in [0.15, 0.2) is 35.1 Å².